The molecule has 0 aliphatic rings. The van der Waals surface area contributed by atoms with Crippen molar-refractivity contribution in [2.75, 3.05) is 12.4 Å². The highest BCUT2D eigenvalue weighted by Gasteiger charge is 2.14. The van der Waals surface area contributed by atoms with Gasteiger partial charge >= 0.3 is 0 Å². The molecular weight excluding hydrogens is 242 g/mol. The van der Waals surface area contributed by atoms with E-state index in [1.54, 1.807) is 0 Å². The van der Waals surface area contributed by atoms with E-state index in [1.165, 1.54) is 27.9 Å². The number of aryl methyl sites for hydroxylation is 1. The summed E-state index contributed by atoms with van der Waals surface area (Å²) in [6.45, 7) is 9.00. The van der Waals surface area contributed by atoms with Gasteiger partial charge in [0.05, 0.1) is 0 Å². The third-order valence-corrected chi connectivity index (χ3v) is 3.83. The molecule has 2 rings (SSSR count). The smallest absolute Gasteiger partial charge is 0.0340 e. The summed E-state index contributed by atoms with van der Waals surface area (Å²) in [5, 5.41) is 3.20. The molecule has 1 nitrogen and oxygen atoms in total. The SMILES string of the molecule is CNc1cccc(Cc2cc(C(C)(C)C)ccc2C)c1. The highest BCUT2D eigenvalue weighted by molar-refractivity contribution is 5.47. The lowest BCUT2D eigenvalue weighted by Crippen LogP contribution is -2.11. The summed E-state index contributed by atoms with van der Waals surface area (Å²) >= 11 is 0. The molecule has 1 heteroatoms. The Bertz CT molecular complexity index is 591. The number of nitrogens with one attached hydrogen (secondary N) is 1. The molecule has 1 N–H and O–H groups in total. The van der Waals surface area contributed by atoms with E-state index >= 15 is 0 Å². The van der Waals surface area contributed by atoms with Gasteiger partial charge in [0.1, 0.15) is 0 Å². The van der Waals surface area contributed by atoms with Gasteiger partial charge in [-0.05, 0) is 53.1 Å². The van der Waals surface area contributed by atoms with Crippen molar-refractivity contribution >= 4 is 5.69 Å². The Morgan fingerprint density at radius 2 is 1.75 bits per heavy atom. The molecule has 0 fully saturated rings. The molecule has 2 aromatic rings. The molecule has 0 aromatic heterocycles. The fraction of sp³-hybridized carbons (Fsp3) is 0.368. The van der Waals surface area contributed by atoms with Gasteiger partial charge in [-0.3, -0.25) is 0 Å². The van der Waals surface area contributed by atoms with Crippen molar-refractivity contribution < 1.29 is 0 Å². The zero-order chi connectivity index (χ0) is 14.8. The summed E-state index contributed by atoms with van der Waals surface area (Å²) in [5.74, 6) is 0. The van der Waals surface area contributed by atoms with Crippen molar-refractivity contribution in [1.29, 1.82) is 0 Å². The van der Waals surface area contributed by atoms with Crippen molar-refractivity contribution in [2.45, 2.75) is 39.5 Å². The monoisotopic (exact) mass is 267 g/mol. The molecule has 0 spiro atoms. The van der Waals surface area contributed by atoms with Crippen LogP contribution < -0.4 is 5.32 Å². The van der Waals surface area contributed by atoms with E-state index in [0.717, 1.165) is 6.42 Å². The Balaban J connectivity index is 2.32. The lowest BCUT2D eigenvalue weighted by Gasteiger charge is -2.21. The van der Waals surface area contributed by atoms with Crippen molar-refractivity contribution in [1.82, 2.24) is 0 Å². The van der Waals surface area contributed by atoms with Crippen LogP contribution in [-0.4, -0.2) is 7.05 Å². The van der Waals surface area contributed by atoms with Crippen LogP contribution in [0.25, 0.3) is 0 Å². The van der Waals surface area contributed by atoms with Gasteiger partial charge in [0.25, 0.3) is 0 Å². The van der Waals surface area contributed by atoms with Gasteiger partial charge in [0.15, 0.2) is 0 Å². The number of benzene rings is 2. The van der Waals surface area contributed by atoms with Crippen LogP contribution in [0.4, 0.5) is 5.69 Å². The molecule has 0 aliphatic carbocycles. The molecule has 106 valence electrons. The number of hydrogen-bond donors (Lipinski definition) is 1. The highest BCUT2D eigenvalue weighted by Crippen LogP contribution is 2.26. The van der Waals surface area contributed by atoms with Gasteiger partial charge in [-0.1, -0.05) is 51.1 Å². The summed E-state index contributed by atoms with van der Waals surface area (Å²) in [7, 11) is 1.96. The topological polar surface area (TPSA) is 12.0 Å². The molecule has 0 amide bonds. The molecular formula is C19H25N. The van der Waals surface area contributed by atoms with Gasteiger partial charge in [0, 0.05) is 12.7 Å². The average Bonchev–Trinajstić information content (AvgIpc) is 2.40. The van der Waals surface area contributed by atoms with Crippen LogP contribution in [0.5, 0.6) is 0 Å². The lowest BCUT2D eigenvalue weighted by atomic mass is 9.84. The fourth-order valence-corrected chi connectivity index (χ4v) is 2.39. The number of anilines is 1. The van der Waals surface area contributed by atoms with Crippen molar-refractivity contribution in [3.05, 3.63) is 64.7 Å². The van der Waals surface area contributed by atoms with E-state index in [1.807, 2.05) is 7.05 Å². The maximum atomic E-state index is 3.20. The highest BCUT2D eigenvalue weighted by atomic mass is 14.8. The Morgan fingerprint density at radius 3 is 2.40 bits per heavy atom. The van der Waals surface area contributed by atoms with E-state index in [4.69, 9.17) is 0 Å². The van der Waals surface area contributed by atoms with Crippen molar-refractivity contribution in [3.8, 4) is 0 Å². The van der Waals surface area contributed by atoms with Gasteiger partial charge in [-0.25, -0.2) is 0 Å². The van der Waals surface area contributed by atoms with E-state index < -0.39 is 0 Å². The number of hydrogen-bond acceptors (Lipinski definition) is 1. The number of rotatable bonds is 3. The zero-order valence-electron chi connectivity index (χ0n) is 13.2. The molecule has 0 atom stereocenters. The predicted molar refractivity (Wildman–Crippen MR) is 88.7 cm³/mol. The van der Waals surface area contributed by atoms with Crippen LogP contribution in [-0.2, 0) is 11.8 Å². The molecule has 0 bridgehead atoms. The van der Waals surface area contributed by atoms with Crippen LogP contribution in [0.15, 0.2) is 42.5 Å². The molecule has 0 unspecified atom stereocenters. The molecule has 0 radical (unpaired) electrons. The predicted octanol–water partition coefficient (Wildman–Crippen LogP) is 4.93. The minimum absolute atomic E-state index is 0.204. The van der Waals surface area contributed by atoms with E-state index in [2.05, 4.69) is 75.5 Å². The largest absolute Gasteiger partial charge is 0.388 e. The fourth-order valence-electron chi connectivity index (χ4n) is 2.39. The van der Waals surface area contributed by atoms with Crippen LogP contribution in [0.1, 0.15) is 43.0 Å². The van der Waals surface area contributed by atoms with Gasteiger partial charge in [-0.15, -0.1) is 0 Å². The first-order valence-corrected chi connectivity index (χ1v) is 7.27. The Labute approximate surface area is 123 Å². The van der Waals surface area contributed by atoms with Crippen molar-refractivity contribution in [2.24, 2.45) is 0 Å². The average molecular weight is 267 g/mol. The molecule has 0 aliphatic heterocycles. The van der Waals surface area contributed by atoms with Gasteiger partial charge < -0.3 is 5.32 Å². The molecule has 0 heterocycles. The second kappa shape index (κ2) is 5.70. The van der Waals surface area contributed by atoms with Crippen LogP contribution in [0.3, 0.4) is 0 Å². The Kier molecular flexibility index (Phi) is 4.17. The van der Waals surface area contributed by atoms with E-state index in [-0.39, 0.29) is 5.41 Å². The third kappa shape index (κ3) is 3.41. The summed E-state index contributed by atoms with van der Waals surface area (Å²) < 4.78 is 0. The second-order valence-electron chi connectivity index (χ2n) is 6.52. The molecule has 20 heavy (non-hydrogen) atoms. The summed E-state index contributed by atoms with van der Waals surface area (Å²) in [6, 6.07) is 15.5. The maximum Gasteiger partial charge on any atom is 0.0340 e. The van der Waals surface area contributed by atoms with Crippen molar-refractivity contribution in [3.63, 3.8) is 0 Å². The van der Waals surface area contributed by atoms with E-state index in [9.17, 15) is 0 Å². The molecule has 0 saturated heterocycles. The first-order valence-electron chi connectivity index (χ1n) is 7.27. The van der Waals surface area contributed by atoms with Gasteiger partial charge in [-0.2, -0.15) is 0 Å². The van der Waals surface area contributed by atoms with Crippen LogP contribution in [0.2, 0.25) is 0 Å². The van der Waals surface area contributed by atoms with Crippen LogP contribution in [0, 0.1) is 6.92 Å². The third-order valence-electron chi connectivity index (χ3n) is 3.83. The first kappa shape index (κ1) is 14.6. The molecule has 0 saturated carbocycles. The zero-order valence-corrected chi connectivity index (χ0v) is 13.2. The normalized spacial score (nSPS) is 11.4. The van der Waals surface area contributed by atoms with Gasteiger partial charge in [0.2, 0.25) is 0 Å². The molecule has 2 aromatic carbocycles. The minimum Gasteiger partial charge on any atom is -0.388 e. The quantitative estimate of drug-likeness (QED) is 0.832. The summed E-state index contributed by atoms with van der Waals surface area (Å²) in [6.07, 6.45) is 0.991. The maximum absolute atomic E-state index is 3.20. The van der Waals surface area contributed by atoms with Crippen LogP contribution >= 0.6 is 0 Å². The standard InChI is InChI=1S/C19H25N/c1-14-9-10-17(19(2,3)4)13-16(14)11-15-7-6-8-18(12-15)20-5/h6-10,12-13,20H,11H2,1-5H3. The second-order valence-corrected chi connectivity index (χ2v) is 6.52. The van der Waals surface area contributed by atoms with E-state index in [0.29, 0.717) is 0 Å². The Morgan fingerprint density at radius 1 is 1.00 bits per heavy atom. The Hall–Kier alpha value is -1.76. The first-order chi connectivity index (χ1) is 9.40. The summed E-state index contributed by atoms with van der Waals surface area (Å²) in [5.41, 5.74) is 6.93. The summed E-state index contributed by atoms with van der Waals surface area (Å²) in [4.78, 5) is 0. The lowest BCUT2D eigenvalue weighted by molar-refractivity contribution is 0.589. The minimum atomic E-state index is 0.204.